The minimum absolute atomic E-state index is 0.0108. The molecule has 0 aromatic carbocycles. The first kappa shape index (κ1) is 19.5. The van der Waals surface area contributed by atoms with Crippen molar-refractivity contribution in [1.82, 2.24) is 15.2 Å². The highest BCUT2D eigenvalue weighted by Gasteiger charge is 2.26. The molecule has 0 bridgehead atoms. The number of nitrogens with one attached hydrogen (secondary N) is 1. The van der Waals surface area contributed by atoms with E-state index in [9.17, 15) is 4.79 Å². The fourth-order valence-corrected chi connectivity index (χ4v) is 3.87. The summed E-state index contributed by atoms with van der Waals surface area (Å²) in [6.07, 6.45) is 7.33. The molecule has 0 radical (unpaired) electrons. The molecule has 3 heterocycles. The predicted octanol–water partition coefficient (Wildman–Crippen LogP) is 2.03. The number of nitrogens with zero attached hydrogens (tertiary/aromatic N) is 4. The lowest BCUT2D eigenvalue weighted by atomic mass is 9.97. The number of methoxy groups -OCH3 is 1. The van der Waals surface area contributed by atoms with Gasteiger partial charge in [0.05, 0.1) is 13.0 Å². The lowest BCUT2D eigenvalue weighted by Gasteiger charge is -2.33. The molecule has 7 nitrogen and oxygen atoms in total. The summed E-state index contributed by atoms with van der Waals surface area (Å²) in [5.74, 6) is 1.87. The maximum atomic E-state index is 11.7. The molecule has 1 aromatic heterocycles. The topological polar surface area (TPSA) is 70.1 Å². The average molecular weight is 374 g/mol. The fourth-order valence-electron chi connectivity index (χ4n) is 3.87. The minimum Gasteiger partial charge on any atom is -0.469 e. The highest BCUT2D eigenvalue weighted by Crippen LogP contribution is 2.20. The largest absolute Gasteiger partial charge is 0.469 e. The molecule has 0 unspecified atom stereocenters. The number of hydrogen-bond acceptors (Lipinski definition) is 5. The predicted molar refractivity (Wildman–Crippen MR) is 107 cm³/mol. The number of hydrogen-bond donors (Lipinski definition) is 1. The van der Waals surface area contributed by atoms with Gasteiger partial charge in [-0.3, -0.25) is 9.79 Å². The Kier molecular flexibility index (Phi) is 6.90. The van der Waals surface area contributed by atoms with Gasteiger partial charge >= 0.3 is 5.97 Å². The number of ether oxygens (including phenoxy) is 1. The zero-order valence-electron chi connectivity index (χ0n) is 16.5. The second-order valence-corrected chi connectivity index (χ2v) is 7.26. The fraction of sp³-hybridized carbons (Fsp3) is 0.650. The molecule has 0 spiro atoms. The van der Waals surface area contributed by atoms with Crippen molar-refractivity contribution in [2.24, 2.45) is 10.9 Å². The SMILES string of the molecule is CN=C(NCc1ccnc(N2CCCCC2)c1)N1CCC(C(=O)OC)CC1. The van der Waals surface area contributed by atoms with Crippen molar-refractivity contribution in [1.29, 1.82) is 0 Å². The van der Waals surface area contributed by atoms with Crippen molar-refractivity contribution in [2.75, 3.05) is 45.2 Å². The Morgan fingerprint density at radius 1 is 1.26 bits per heavy atom. The van der Waals surface area contributed by atoms with Crippen LogP contribution >= 0.6 is 0 Å². The maximum absolute atomic E-state index is 11.7. The van der Waals surface area contributed by atoms with Crippen LogP contribution in [0.1, 0.15) is 37.7 Å². The zero-order chi connectivity index (χ0) is 19.1. The van der Waals surface area contributed by atoms with Gasteiger partial charge in [0, 0.05) is 46.0 Å². The van der Waals surface area contributed by atoms with Gasteiger partial charge < -0.3 is 19.9 Å². The Morgan fingerprint density at radius 3 is 2.67 bits per heavy atom. The first-order chi connectivity index (χ1) is 13.2. The third-order valence-electron chi connectivity index (χ3n) is 5.48. The van der Waals surface area contributed by atoms with Gasteiger partial charge in [-0.2, -0.15) is 0 Å². The Hall–Kier alpha value is -2.31. The molecule has 0 atom stereocenters. The highest BCUT2D eigenvalue weighted by molar-refractivity contribution is 5.80. The summed E-state index contributed by atoms with van der Waals surface area (Å²) in [4.78, 5) is 25.2. The van der Waals surface area contributed by atoms with E-state index in [1.54, 1.807) is 7.05 Å². The molecule has 2 aliphatic rings. The number of rotatable bonds is 4. The standard InChI is InChI=1S/C20H31N5O2/c1-21-20(25-12-7-17(8-13-25)19(26)27-2)23-15-16-6-9-22-18(14-16)24-10-4-3-5-11-24/h6,9,14,17H,3-5,7-8,10-13,15H2,1-2H3,(H,21,23). The van der Waals surface area contributed by atoms with E-state index in [2.05, 4.69) is 37.2 Å². The summed E-state index contributed by atoms with van der Waals surface area (Å²) in [6.45, 7) is 4.54. The van der Waals surface area contributed by atoms with Crippen LogP contribution in [-0.2, 0) is 16.1 Å². The molecule has 2 fully saturated rings. The van der Waals surface area contributed by atoms with E-state index in [1.165, 1.54) is 31.9 Å². The number of carbonyl (C=O) groups excluding carboxylic acids is 1. The normalized spacial score (nSPS) is 19.1. The lowest BCUT2D eigenvalue weighted by molar-refractivity contribution is -0.146. The average Bonchev–Trinajstić information content (AvgIpc) is 2.75. The summed E-state index contributed by atoms with van der Waals surface area (Å²) in [6, 6.07) is 4.23. The molecule has 0 saturated carbocycles. The van der Waals surface area contributed by atoms with E-state index in [1.807, 2.05) is 6.20 Å². The number of aromatic nitrogens is 1. The van der Waals surface area contributed by atoms with Gasteiger partial charge in [-0.25, -0.2) is 4.98 Å². The molecular formula is C20H31N5O2. The number of anilines is 1. The molecule has 1 aromatic rings. The third kappa shape index (κ3) is 5.11. The van der Waals surface area contributed by atoms with Crippen LogP contribution in [0.15, 0.2) is 23.3 Å². The first-order valence-corrected chi connectivity index (χ1v) is 9.94. The number of guanidine groups is 1. The zero-order valence-corrected chi connectivity index (χ0v) is 16.5. The van der Waals surface area contributed by atoms with Crippen molar-refractivity contribution in [3.8, 4) is 0 Å². The quantitative estimate of drug-likeness (QED) is 0.495. The monoisotopic (exact) mass is 373 g/mol. The summed E-state index contributed by atoms with van der Waals surface area (Å²) >= 11 is 0. The molecule has 27 heavy (non-hydrogen) atoms. The van der Waals surface area contributed by atoms with Gasteiger partial charge in [0.2, 0.25) is 0 Å². The van der Waals surface area contributed by atoms with Crippen LogP contribution in [0, 0.1) is 5.92 Å². The van der Waals surface area contributed by atoms with Crippen LogP contribution in [-0.4, -0.2) is 62.1 Å². The van der Waals surface area contributed by atoms with E-state index in [0.717, 1.165) is 50.8 Å². The van der Waals surface area contributed by atoms with Crippen molar-refractivity contribution in [3.63, 3.8) is 0 Å². The smallest absolute Gasteiger partial charge is 0.308 e. The van der Waals surface area contributed by atoms with Crippen molar-refractivity contribution in [3.05, 3.63) is 23.9 Å². The Labute approximate surface area is 161 Å². The summed E-state index contributed by atoms with van der Waals surface area (Å²) < 4.78 is 4.87. The van der Waals surface area contributed by atoms with Gasteiger partial charge in [-0.1, -0.05) is 0 Å². The molecule has 7 heteroatoms. The summed E-state index contributed by atoms with van der Waals surface area (Å²) in [5.41, 5.74) is 1.20. The summed E-state index contributed by atoms with van der Waals surface area (Å²) in [5, 5.41) is 3.46. The van der Waals surface area contributed by atoms with Gasteiger partial charge in [-0.15, -0.1) is 0 Å². The molecular weight excluding hydrogens is 342 g/mol. The molecule has 2 saturated heterocycles. The number of esters is 1. The number of pyridine rings is 1. The number of aliphatic imine (C=N–C) groups is 1. The van der Waals surface area contributed by atoms with Gasteiger partial charge in [0.25, 0.3) is 0 Å². The van der Waals surface area contributed by atoms with Crippen LogP contribution < -0.4 is 10.2 Å². The summed E-state index contributed by atoms with van der Waals surface area (Å²) in [7, 11) is 3.27. The second-order valence-electron chi connectivity index (χ2n) is 7.26. The molecule has 1 N–H and O–H groups in total. The van der Waals surface area contributed by atoms with Crippen LogP contribution in [0.3, 0.4) is 0 Å². The number of likely N-dealkylation sites (tertiary alicyclic amines) is 1. The molecule has 2 aliphatic heterocycles. The van der Waals surface area contributed by atoms with Crippen LogP contribution in [0.4, 0.5) is 5.82 Å². The van der Waals surface area contributed by atoms with Gasteiger partial charge in [-0.05, 0) is 49.8 Å². The van der Waals surface area contributed by atoms with E-state index >= 15 is 0 Å². The van der Waals surface area contributed by atoms with Crippen molar-refractivity contribution < 1.29 is 9.53 Å². The maximum Gasteiger partial charge on any atom is 0.308 e. The Morgan fingerprint density at radius 2 is 2.00 bits per heavy atom. The molecule has 0 aliphatic carbocycles. The number of carbonyl (C=O) groups is 1. The van der Waals surface area contributed by atoms with E-state index in [0.29, 0.717) is 6.54 Å². The molecule has 0 amide bonds. The first-order valence-electron chi connectivity index (χ1n) is 9.94. The number of piperidine rings is 2. The van der Waals surface area contributed by atoms with Gasteiger partial charge in [0.1, 0.15) is 5.82 Å². The molecule has 3 rings (SSSR count). The van der Waals surface area contributed by atoms with E-state index < -0.39 is 0 Å². The molecule has 148 valence electrons. The van der Waals surface area contributed by atoms with Crippen molar-refractivity contribution in [2.45, 2.75) is 38.6 Å². The van der Waals surface area contributed by atoms with Gasteiger partial charge in [0.15, 0.2) is 5.96 Å². The van der Waals surface area contributed by atoms with Crippen molar-refractivity contribution >= 4 is 17.7 Å². The van der Waals surface area contributed by atoms with Crippen LogP contribution in [0.2, 0.25) is 0 Å². The lowest BCUT2D eigenvalue weighted by Crippen LogP contribution is -2.46. The van der Waals surface area contributed by atoms with E-state index in [-0.39, 0.29) is 11.9 Å². The Balaban J connectivity index is 1.53. The third-order valence-corrected chi connectivity index (χ3v) is 5.48. The second kappa shape index (κ2) is 9.58. The minimum atomic E-state index is -0.0976. The van der Waals surface area contributed by atoms with Crippen LogP contribution in [0.5, 0.6) is 0 Å². The van der Waals surface area contributed by atoms with Crippen LogP contribution in [0.25, 0.3) is 0 Å². The highest BCUT2D eigenvalue weighted by atomic mass is 16.5. The van der Waals surface area contributed by atoms with E-state index in [4.69, 9.17) is 4.74 Å². The Bertz CT molecular complexity index is 650.